The molecule has 0 spiro atoms. The van der Waals surface area contributed by atoms with Gasteiger partial charge in [0, 0.05) is 24.8 Å². The van der Waals surface area contributed by atoms with E-state index in [1.165, 1.54) is 25.3 Å². The summed E-state index contributed by atoms with van der Waals surface area (Å²) in [5, 5.41) is 3.56. The van der Waals surface area contributed by atoms with Crippen LogP contribution in [0.4, 0.5) is 10.1 Å². The average molecular weight is 250 g/mol. The maximum atomic E-state index is 13.2. The lowest BCUT2D eigenvalue weighted by Crippen LogP contribution is -2.37. The third-order valence-electron chi connectivity index (χ3n) is 3.71. The summed E-state index contributed by atoms with van der Waals surface area (Å²) in [6.45, 7) is 5.20. The Bertz CT molecular complexity index is 361. The van der Waals surface area contributed by atoms with Crippen LogP contribution in [0.5, 0.6) is 0 Å². The van der Waals surface area contributed by atoms with Crippen molar-refractivity contribution in [2.24, 2.45) is 0 Å². The molecular formula is C15H23FN2. The van der Waals surface area contributed by atoms with Gasteiger partial charge in [0.25, 0.3) is 0 Å². The highest BCUT2D eigenvalue weighted by atomic mass is 19.1. The fourth-order valence-corrected chi connectivity index (χ4v) is 2.62. The normalized spacial score (nSPS) is 19.8. The SMILES string of the molecule is CCN(CCC1CCCCN1)c1cccc(F)c1. The second kappa shape index (κ2) is 6.74. The molecule has 1 atom stereocenters. The van der Waals surface area contributed by atoms with E-state index in [1.54, 1.807) is 12.1 Å². The molecule has 0 aliphatic carbocycles. The quantitative estimate of drug-likeness (QED) is 0.863. The third kappa shape index (κ3) is 3.70. The molecule has 1 heterocycles. The summed E-state index contributed by atoms with van der Waals surface area (Å²) in [5.74, 6) is -0.151. The van der Waals surface area contributed by atoms with E-state index in [1.807, 2.05) is 6.07 Å². The second-order valence-corrected chi connectivity index (χ2v) is 5.00. The summed E-state index contributed by atoms with van der Waals surface area (Å²) >= 11 is 0. The van der Waals surface area contributed by atoms with Crippen LogP contribution in [0.2, 0.25) is 0 Å². The van der Waals surface area contributed by atoms with E-state index in [9.17, 15) is 4.39 Å². The van der Waals surface area contributed by atoms with Crippen molar-refractivity contribution in [2.75, 3.05) is 24.5 Å². The van der Waals surface area contributed by atoms with Gasteiger partial charge in [-0.2, -0.15) is 0 Å². The van der Waals surface area contributed by atoms with Gasteiger partial charge in [0.15, 0.2) is 0 Å². The van der Waals surface area contributed by atoms with Gasteiger partial charge in [-0.15, -0.1) is 0 Å². The van der Waals surface area contributed by atoms with Crippen LogP contribution in [0.15, 0.2) is 24.3 Å². The Morgan fingerprint density at radius 2 is 2.28 bits per heavy atom. The molecule has 18 heavy (non-hydrogen) atoms. The molecule has 1 aromatic rings. The molecule has 3 heteroatoms. The summed E-state index contributed by atoms with van der Waals surface area (Å²) in [7, 11) is 0. The number of halogens is 1. The molecule has 0 saturated carbocycles. The number of rotatable bonds is 5. The van der Waals surface area contributed by atoms with E-state index in [0.29, 0.717) is 6.04 Å². The van der Waals surface area contributed by atoms with Crippen molar-refractivity contribution in [1.29, 1.82) is 0 Å². The maximum absolute atomic E-state index is 13.2. The van der Waals surface area contributed by atoms with Gasteiger partial charge in [-0.1, -0.05) is 12.5 Å². The standard InChI is InChI=1S/C15H23FN2/c1-2-18(15-8-5-6-13(16)12-15)11-9-14-7-3-4-10-17-14/h5-6,8,12,14,17H,2-4,7,9-11H2,1H3. The predicted molar refractivity (Wildman–Crippen MR) is 74.5 cm³/mol. The van der Waals surface area contributed by atoms with E-state index >= 15 is 0 Å². The molecule has 1 N–H and O–H groups in total. The first-order chi connectivity index (χ1) is 8.79. The molecule has 0 radical (unpaired) electrons. The number of anilines is 1. The molecule has 1 aromatic carbocycles. The molecule has 1 fully saturated rings. The van der Waals surface area contributed by atoms with Crippen molar-refractivity contribution in [3.8, 4) is 0 Å². The van der Waals surface area contributed by atoms with Crippen LogP contribution in [-0.2, 0) is 0 Å². The van der Waals surface area contributed by atoms with E-state index in [-0.39, 0.29) is 5.82 Å². The van der Waals surface area contributed by atoms with Crippen molar-refractivity contribution in [2.45, 2.75) is 38.6 Å². The summed E-state index contributed by atoms with van der Waals surface area (Å²) in [6.07, 6.45) is 5.06. The van der Waals surface area contributed by atoms with Crippen LogP contribution in [-0.4, -0.2) is 25.7 Å². The van der Waals surface area contributed by atoms with Crippen LogP contribution in [0.3, 0.4) is 0 Å². The molecular weight excluding hydrogens is 227 g/mol. The fourth-order valence-electron chi connectivity index (χ4n) is 2.62. The van der Waals surface area contributed by atoms with E-state index in [0.717, 1.165) is 31.7 Å². The number of hydrogen-bond donors (Lipinski definition) is 1. The van der Waals surface area contributed by atoms with Crippen molar-refractivity contribution in [3.63, 3.8) is 0 Å². The maximum Gasteiger partial charge on any atom is 0.125 e. The zero-order chi connectivity index (χ0) is 12.8. The smallest absolute Gasteiger partial charge is 0.125 e. The Balaban J connectivity index is 1.88. The summed E-state index contributed by atoms with van der Waals surface area (Å²) in [5.41, 5.74) is 0.994. The lowest BCUT2D eigenvalue weighted by Gasteiger charge is -2.28. The lowest BCUT2D eigenvalue weighted by atomic mass is 10.0. The molecule has 1 saturated heterocycles. The highest BCUT2D eigenvalue weighted by molar-refractivity contribution is 5.46. The Morgan fingerprint density at radius 1 is 1.39 bits per heavy atom. The minimum Gasteiger partial charge on any atom is -0.372 e. The van der Waals surface area contributed by atoms with Crippen LogP contribution in [0, 0.1) is 5.82 Å². The number of benzene rings is 1. The van der Waals surface area contributed by atoms with Crippen LogP contribution < -0.4 is 10.2 Å². The molecule has 0 bridgehead atoms. The lowest BCUT2D eigenvalue weighted by molar-refractivity contribution is 0.383. The van der Waals surface area contributed by atoms with Crippen LogP contribution in [0.1, 0.15) is 32.6 Å². The number of nitrogens with one attached hydrogen (secondary N) is 1. The monoisotopic (exact) mass is 250 g/mol. The van der Waals surface area contributed by atoms with Crippen molar-refractivity contribution in [1.82, 2.24) is 5.32 Å². The molecule has 1 aliphatic rings. The molecule has 1 unspecified atom stereocenters. The average Bonchev–Trinajstić information content (AvgIpc) is 2.41. The van der Waals surface area contributed by atoms with Gasteiger partial charge in [0.05, 0.1) is 0 Å². The van der Waals surface area contributed by atoms with Gasteiger partial charge in [0.2, 0.25) is 0 Å². The third-order valence-corrected chi connectivity index (χ3v) is 3.71. The van der Waals surface area contributed by atoms with E-state index in [2.05, 4.69) is 17.1 Å². The zero-order valence-corrected chi connectivity index (χ0v) is 11.2. The molecule has 0 aromatic heterocycles. The number of piperidine rings is 1. The highest BCUT2D eigenvalue weighted by Gasteiger charge is 2.14. The van der Waals surface area contributed by atoms with Gasteiger partial charge >= 0.3 is 0 Å². The topological polar surface area (TPSA) is 15.3 Å². The van der Waals surface area contributed by atoms with Crippen molar-refractivity contribution < 1.29 is 4.39 Å². The Morgan fingerprint density at radius 3 is 2.94 bits per heavy atom. The van der Waals surface area contributed by atoms with Crippen LogP contribution >= 0.6 is 0 Å². The Labute approximate surface area is 109 Å². The predicted octanol–water partition coefficient (Wildman–Crippen LogP) is 3.18. The zero-order valence-electron chi connectivity index (χ0n) is 11.2. The molecule has 2 rings (SSSR count). The summed E-state index contributed by atoms with van der Waals surface area (Å²) < 4.78 is 13.2. The van der Waals surface area contributed by atoms with Gasteiger partial charge in [-0.05, 0) is 50.9 Å². The number of nitrogens with zero attached hydrogens (tertiary/aromatic N) is 1. The minimum absolute atomic E-state index is 0.151. The van der Waals surface area contributed by atoms with Gasteiger partial charge in [-0.25, -0.2) is 4.39 Å². The Hall–Kier alpha value is -1.09. The molecule has 100 valence electrons. The fraction of sp³-hybridized carbons (Fsp3) is 0.600. The molecule has 0 amide bonds. The first kappa shape index (κ1) is 13.3. The van der Waals surface area contributed by atoms with E-state index < -0.39 is 0 Å². The van der Waals surface area contributed by atoms with Gasteiger partial charge in [-0.3, -0.25) is 0 Å². The summed E-state index contributed by atoms with van der Waals surface area (Å²) in [6, 6.07) is 7.53. The second-order valence-electron chi connectivity index (χ2n) is 5.00. The largest absolute Gasteiger partial charge is 0.372 e. The van der Waals surface area contributed by atoms with Gasteiger partial charge < -0.3 is 10.2 Å². The van der Waals surface area contributed by atoms with Crippen molar-refractivity contribution >= 4 is 5.69 Å². The van der Waals surface area contributed by atoms with Crippen molar-refractivity contribution in [3.05, 3.63) is 30.1 Å². The summed E-state index contributed by atoms with van der Waals surface area (Å²) in [4.78, 5) is 2.25. The minimum atomic E-state index is -0.151. The molecule has 1 aliphatic heterocycles. The van der Waals surface area contributed by atoms with Gasteiger partial charge in [0.1, 0.15) is 5.82 Å². The van der Waals surface area contributed by atoms with Crippen LogP contribution in [0.25, 0.3) is 0 Å². The highest BCUT2D eigenvalue weighted by Crippen LogP contribution is 2.17. The Kier molecular flexibility index (Phi) is 5.00. The number of hydrogen-bond acceptors (Lipinski definition) is 2. The first-order valence-electron chi connectivity index (χ1n) is 7.03. The first-order valence-corrected chi connectivity index (χ1v) is 7.03. The van der Waals surface area contributed by atoms with E-state index in [4.69, 9.17) is 0 Å². The molecule has 2 nitrogen and oxygen atoms in total.